The van der Waals surface area contributed by atoms with Crippen molar-refractivity contribution in [1.29, 1.82) is 0 Å². The van der Waals surface area contributed by atoms with Crippen LogP contribution >= 0.6 is 11.8 Å². The lowest BCUT2D eigenvalue weighted by Gasteiger charge is -2.08. The molecule has 0 saturated carbocycles. The van der Waals surface area contributed by atoms with Crippen molar-refractivity contribution in [1.82, 2.24) is 9.97 Å². The normalized spacial score (nSPS) is 10.8. The van der Waals surface area contributed by atoms with Crippen molar-refractivity contribution in [3.8, 4) is 0 Å². The summed E-state index contributed by atoms with van der Waals surface area (Å²) in [7, 11) is 0. The Hall–Kier alpha value is -1.49. The molecule has 0 saturated heterocycles. The van der Waals surface area contributed by atoms with Gasteiger partial charge in [-0.1, -0.05) is 11.8 Å². The maximum absolute atomic E-state index is 5.97. The van der Waals surface area contributed by atoms with Gasteiger partial charge in [0.05, 0.1) is 11.4 Å². The molecule has 0 radical (unpaired) electrons. The van der Waals surface area contributed by atoms with Gasteiger partial charge in [-0.05, 0) is 31.9 Å². The first-order chi connectivity index (χ1) is 8.08. The summed E-state index contributed by atoms with van der Waals surface area (Å²) >= 11 is 1.53. The maximum Gasteiger partial charge on any atom is 0.256 e. The van der Waals surface area contributed by atoms with Crippen LogP contribution in [0.15, 0.2) is 22.1 Å². The van der Waals surface area contributed by atoms with Crippen molar-refractivity contribution in [3.63, 3.8) is 0 Å². The second-order valence-corrected chi connectivity index (χ2v) is 4.90. The number of oxazole rings is 1. The molecule has 0 fully saturated rings. The summed E-state index contributed by atoms with van der Waals surface area (Å²) in [5.74, 6) is 0.719. The van der Waals surface area contributed by atoms with E-state index in [4.69, 9.17) is 10.2 Å². The average molecular weight is 249 g/mol. The van der Waals surface area contributed by atoms with Crippen LogP contribution in [0.3, 0.4) is 0 Å². The SMILES string of the molecule is Cc1coc(SCc2ncc(C)c(N)c2C)n1. The average Bonchev–Trinajstić information content (AvgIpc) is 2.71. The van der Waals surface area contributed by atoms with E-state index in [9.17, 15) is 0 Å². The maximum atomic E-state index is 5.97. The standard InChI is InChI=1S/C12H15N3OS/c1-7-4-14-10(9(3)11(7)13)6-17-12-15-8(2)5-16-12/h4-5H,6H2,1-3H3,(H2,13,14). The van der Waals surface area contributed by atoms with Crippen LogP contribution in [0, 0.1) is 20.8 Å². The van der Waals surface area contributed by atoms with Gasteiger partial charge in [0, 0.05) is 17.6 Å². The molecule has 0 unspecified atom stereocenters. The van der Waals surface area contributed by atoms with E-state index in [-0.39, 0.29) is 0 Å². The summed E-state index contributed by atoms with van der Waals surface area (Å²) in [6.07, 6.45) is 3.45. The highest BCUT2D eigenvalue weighted by Crippen LogP contribution is 2.25. The number of aryl methyl sites for hydroxylation is 2. The Labute approximate surface area is 105 Å². The highest BCUT2D eigenvalue weighted by Gasteiger charge is 2.08. The number of pyridine rings is 1. The molecular formula is C12H15N3OS. The molecule has 2 rings (SSSR count). The highest BCUT2D eigenvalue weighted by atomic mass is 32.2. The van der Waals surface area contributed by atoms with Gasteiger partial charge in [-0.3, -0.25) is 4.98 Å². The third-order valence-electron chi connectivity index (χ3n) is 2.61. The van der Waals surface area contributed by atoms with Crippen molar-refractivity contribution >= 4 is 17.4 Å². The number of aromatic nitrogens is 2. The van der Waals surface area contributed by atoms with Gasteiger partial charge in [0.1, 0.15) is 6.26 Å². The van der Waals surface area contributed by atoms with Crippen LogP contribution in [0.25, 0.3) is 0 Å². The Bertz CT molecular complexity index is 537. The number of rotatable bonds is 3. The lowest BCUT2D eigenvalue weighted by molar-refractivity contribution is 0.454. The number of nitrogens with two attached hydrogens (primary N) is 1. The largest absolute Gasteiger partial charge is 0.440 e. The first kappa shape index (κ1) is 12.0. The van der Waals surface area contributed by atoms with Crippen molar-refractivity contribution in [2.45, 2.75) is 31.7 Å². The molecule has 0 spiro atoms. The van der Waals surface area contributed by atoms with Crippen LogP contribution < -0.4 is 5.73 Å². The smallest absolute Gasteiger partial charge is 0.256 e. The predicted octanol–water partition coefficient (Wildman–Crippen LogP) is 2.87. The topological polar surface area (TPSA) is 64.9 Å². The zero-order valence-electron chi connectivity index (χ0n) is 10.2. The van der Waals surface area contributed by atoms with Gasteiger partial charge in [-0.25, -0.2) is 4.98 Å². The monoisotopic (exact) mass is 249 g/mol. The molecule has 2 heterocycles. The van der Waals surface area contributed by atoms with E-state index in [1.54, 1.807) is 12.5 Å². The minimum absolute atomic E-state index is 0.669. The number of hydrogen-bond donors (Lipinski definition) is 1. The van der Waals surface area contributed by atoms with Crippen molar-refractivity contribution in [2.24, 2.45) is 0 Å². The molecule has 90 valence electrons. The van der Waals surface area contributed by atoms with Gasteiger partial charge in [-0.2, -0.15) is 0 Å². The molecule has 17 heavy (non-hydrogen) atoms. The molecule has 2 N–H and O–H groups in total. The van der Waals surface area contributed by atoms with Gasteiger partial charge in [-0.15, -0.1) is 0 Å². The van der Waals surface area contributed by atoms with E-state index in [1.807, 2.05) is 20.8 Å². The van der Waals surface area contributed by atoms with Crippen LogP contribution in [0.5, 0.6) is 0 Å². The summed E-state index contributed by atoms with van der Waals surface area (Å²) in [4.78, 5) is 8.62. The number of anilines is 1. The summed E-state index contributed by atoms with van der Waals surface area (Å²) < 4.78 is 5.27. The molecule has 5 heteroatoms. The zero-order valence-corrected chi connectivity index (χ0v) is 11.0. The van der Waals surface area contributed by atoms with Crippen molar-refractivity contribution in [2.75, 3.05) is 5.73 Å². The quantitative estimate of drug-likeness (QED) is 0.847. The fourth-order valence-corrected chi connectivity index (χ4v) is 2.34. The van der Waals surface area contributed by atoms with E-state index < -0.39 is 0 Å². The second-order valence-electron chi connectivity index (χ2n) is 3.97. The molecule has 0 bridgehead atoms. The van der Waals surface area contributed by atoms with Gasteiger partial charge >= 0.3 is 0 Å². The van der Waals surface area contributed by atoms with Gasteiger partial charge < -0.3 is 10.2 Å². The summed E-state index contributed by atoms with van der Waals surface area (Å²) in [5.41, 5.74) is 10.7. The molecule has 0 aromatic carbocycles. The van der Waals surface area contributed by atoms with Crippen LogP contribution in [0.4, 0.5) is 5.69 Å². The van der Waals surface area contributed by atoms with Crippen LogP contribution in [-0.2, 0) is 5.75 Å². The molecule has 2 aromatic heterocycles. The molecule has 0 aliphatic rings. The third kappa shape index (κ3) is 2.61. The minimum atomic E-state index is 0.669. The summed E-state index contributed by atoms with van der Waals surface area (Å²) in [6, 6.07) is 0. The lowest BCUT2D eigenvalue weighted by Crippen LogP contribution is -2.00. The molecule has 0 atom stereocenters. The van der Waals surface area contributed by atoms with E-state index in [2.05, 4.69) is 9.97 Å². The fraction of sp³-hybridized carbons (Fsp3) is 0.333. The molecule has 2 aromatic rings. The van der Waals surface area contributed by atoms with E-state index in [0.717, 1.165) is 34.0 Å². The summed E-state index contributed by atoms with van der Waals surface area (Å²) in [6.45, 7) is 5.86. The van der Waals surface area contributed by atoms with E-state index in [1.165, 1.54) is 11.8 Å². The lowest BCUT2D eigenvalue weighted by atomic mass is 10.1. The molecule has 0 aliphatic carbocycles. The van der Waals surface area contributed by atoms with Gasteiger partial charge in [0.25, 0.3) is 5.22 Å². The molecule has 0 aliphatic heterocycles. The number of nitrogen functional groups attached to an aromatic ring is 1. The minimum Gasteiger partial charge on any atom is -0.440 e. The van der Waals surface area contributed by atoms with Crippen LogP contribution in [0.2, 0.25) is 0 Å². The Morgan fingerprint density at radius 3 is 2.76 bits per heavy atom. The molecular weight excluding hydrogens is 234 g/mol. The number of thioether (sulfide) groups is 1. The second kappa shape index (κ2) is 4.79. The Kier molecular flexibility index (Phi) is 3.38. The highest BCUT2D eigenvalue weighted by molar-refractivity contribution is 7.98. The number of hydrogen-bond acceptors (Lipinski definition) is 5. The third-order valence-corrected chi connectivity index (χ3v) is 3.46. The Morgan fingerprint density at radius 2 is 2.12 bits per heavy atom. The fourth-order valence-electron chi connectivity index (χ4n) is 1.47. The van der Waals surface area contributed by atoms with Crippen molar-refractivity contribution in [3.05, 3.63) is 35.0 Å². The van der Waals surface area contributed by atoms with E-state index in [0.29, 0.717) is 5.22 Å². The van der Waals surface area contributed by atoms with Crippen LogP contribution in [-0.4, -0.2) is 9.97 Å². The van der Waals surface area contributed by atoms with Gasteiger partial charge in [0.2, 0.25) is 0 Å². The Balaban J connectivity index is 2.12. The first-order valence-electron chi connectivity index (χ1n) is 5.33. The predicted molar refractivity (Wildman–Crippen MR) is 68.9 cm³/mol. The molecule has 0 amide bonds. The van der Waals surface area contributed by atoms with Crippen LogP contribution in [0.1, 0.15) is 22.5 Å². The van der Waals surface area contributed by atoms with Crippen molar-refractivity contribution < 1.29 is 4.42 Å². The Morgan fingerprint density at radius 1 is 1.35 bits per heavy atom. The first-order valence-corrected chi connectivity index (χ1v) is 6.32. The molecule has 4 nitrogen and oxygen atoms in total. The number of nitrogens with zero attached hydrogens (tertiary/aromatic N) is 2. The zero-order chi connectivity index (χ0) is 12.4. The summed E-state index contributed by atoms with van der Waals surface area (Å²) in [5, 5.41) is 0.669. The van der Waals surface area contributed by atoms with E-state index >= 15 is 0 Å². The van der Waals surface area contributed by atoms with Gasteiger partial charge in [0.15, 0.2) is 0 Å².